The summed E-state index contributed by atoms with van der Waals surface area (Å²) in [6.45, 7) is 10.9. The SMILES string of the molecule is CCCCOc1ccc(S(=O)(=O)c2cnc3ccc(SC)cc3c2N2CCCN(CCN3CCCCC3)CC2)cc1. The minimum atomic E-state index is -3.81. The number of pyridine rings is 1. The number of aromatic nitrogens is 1. The summed E-state index contributed by atoms with van der Waals surface area (Å²) in [4.78, 5) is 13.7. The van der Waals surface area contributed by atoms with Crippen LogP contribution in [0.1, 0.15) is 45.4 Å². The van der Waals surface area contributed by atoms with Crippen molar-refractivity contribution in [3.8, 4) is 5.75 Å². The van der Waals surface area contributed by atoms with E-state index in [1.807, 2.05) is 12.3 Å². The van der Waals surface area contributed by atoms with E-state index in [0.29, 0.717) is 12.4 Å². The predicted molar refractivity (Wildman–Crippen MR) is 169 cm³/mol. The van der Waals surface area contributed by atoms with E-state index in [1.165, 1.54) is 32.4 Å². The highest BCUT2D eigenvalue weighted by Gasteiger charge is 2.28. The number of nitrogens with zero attached hydrogens (tertiary/aromatic N) is 4. The van der Waals surface area contributed by atoms with E-state index in [2.05, 4.69) is 38.7 Å². The fraction of sp³-hybridized carbons (Fsp3) is 0.531. The highest BCUT2D eigenvalue weighted by Crippen LogP contribution is 2.38. The number of anilines is 1. The molecule has 2 aliphatic heterocycles. The van der Waals surface area contributed by atoms with Crippen molar-refractivity contribution < 1.29 is 13.2 Å². The monoisotopic (exact) mass is 596 g/mol. The Morgan fingerprint density at radius 1 is 0.878 bits per heavy atom. The summed E-state index contributed by atoms with van der Waals surface area (Å²) in [6, 6.07) is 13.0. The molecule has 3 aromatic rings. The average molecular weight is 597 g/mol. The van der Waals surface area contributed by atoms with Crippen LogP contribution in [0.15, 0.2) is 63.3 Å². The molecule has 1 aromatic heterocycles. The van der Waals surface area contributed by atoms with Crippen molar-refractivity contribution in [2.75, 3.05) is 70.1 Å². The van der Waals surface area contributed by atoms with Gasteiger partial charge >= 0.3 is 0 Å². The zero-order valence-corrected chi connectivity index (χ0v) is 26.2. The van der Waals surface area contributed by atoms with E-state index in [9.17, 15) is 8.42 Å². The van der Waals surface area contributed by atoms with Gasteiger partial charge in [0.1, 0.15) is 10.6 Å². The van der Waals surface area contributed by atoms with Gasteiger partial charge in [0.25, 0.3) is 0 Å². The second kappa shape index (κ2) is 14.2. The van der Waals surface area contributed by atoms with Crippen molar-refractivity contribution in [2.24, 2.45) is 0 Å². The molecule has 0 N–H and O–H groups in total. The van der Waals surface area contributed by atoms with Crippen molar-refractivity contribution in [3.63, 3.8) is 0 Å². The van der Waals surface area contributed by atoms with Crippen molar-refractivity contribution in [1.29, 1.82) is 0 Å². The Balaban J connectivity index is 1.43. The lowest BCUT2D eigenvalue weighted by atomic mass is 10.1. The third-order valence-electron chi connectivity index (χ3n) is 8.29. The number of sulfone groups is 1. The first-order valence-electron chi connectivity index (χ1n) is 15.1. The number of fused-ring (bicyclic) bond motifs is 1. The molecule has 222 valence electrons. The van der Waals surface area contributed by atoms with Crippen LogP contribution in [0.2, 0.25) is 0 Å². The van der Waals surface area contributed by atoms with E-state index in [4.69, 9.17) is 4.74 Å². The zero-order valence-electron chi connectivity index (χ0n) is 24.6. The van der Waals surface area contributed by atoms with Crippen LogP contribution in [0.4, 0.5) is 5.69 Å². The van der Waals surface area contributed by atoms with Crippen LogP contribution >= 0.6 is 11.8 Å². The molecule has 2 fully saturated rings. The molecule has 0 saturated carbocycles. The van der Waals surface area contributed by atoms with Crippen molar-refractivity contribution in [3.05, 3.63) is 48.7 Å². The molecule has 5 rings (SSSR count). The molecule has 7 nitrogen and oxygen atoms in total. The number of thioether (sulfide) groups is 1. The molecule has 0 aliphatic carbocycles. The Morgan fingerprint density at radius 2 is 1.61 bits per heavy atom. The molecule has 0 radical (unpaired) electrons. The number of hydrogen-bond donors (Lipinski definition) is 0. The van der Waals surface area contributed by atoms with Gasteiger partial charge in [-0.3, -0.25) is 4.98 Å². The van der Waals surface area contributed by atoms with Crippen LogP contribution in [0.3, 0.4) is 0 Å². The van der Waals surface area contributed by atoms with Gasteiger partial charge in [0.2, 0.25) is 9.84 Å². The van der Waals surface area contributed by atoms with Crippen molar-refractivity contribution in [2.45, 2.75) is 60.1 Å². The summed E-state index contributed by atoms with van der Waals surface area (Å²) in [7, 11) is -3.81. The maximum Gasteiger partial charge on any atom is 0.210 e. The molecule has 0 unspecified atom stereocenters. The Hall–Kier alpha value is -2.33. The number of hydrogen-bond acceptors (Lipinski definition) is 8. The van der Waals surface area contributed by atoms with Crippen molar-refractivity contribution in [1.82, 2.24) is 14.8 Å². The minimum absolute atomic E-state index is 0.266. The molecular formula is C32H44N4O3S2. The molecule has 2 aromatic carbocycles. The normalized spacial score (nSPS) is 17.6. The smallest absolute Gasteiger partial charge is 0.210 e. The molecule has 0 bridgehead atoms. The predicted octanol–water partition coefficient (Wildman–Crippen LogP) is 5.97. The lowest BCUT2D eigenvalue weighted by molar-refractivity contribution is 0.186. The first-order valence-corrected chi connectivity index (χ1v) is 17.8. The standard InChI is InChI=1S/C32H44N4O3S2/c1-3-4-23-39-26-9-12-28(13-10-26)41(37,38)31-25-33-30-14-11-27(40-2)24-29(30)32(31)36-18-8-17-35(21-22-36)20-19-34-15-6-5-7-16-34/h9-14,24-25H,3-8,15-23H2,1-2H3. The average Bonchev–Trinajstić information content (AvgIpc) is 3.25. The molecule has 2 aliphatic rings. The lowest BCUT2D eigenvalue weighted by Gasteiger charge is -2.30. The number of piperidine rings is 1. The van der Waals surface area contributed by atoms with E-state index in [-0.39, 0.29) is 9.79 Å². The fourth-order valence-electron chi connectivity index (χ4n) is 5.85. The van der Waals surface area contributed by atoms with Gasteiger partial charge in [-0.25, -0.2) is 8.42 Å². The van der Waals surface area contributed by atoms with Crippen LogP contribution in [0.5, 0.6) is 5.75 Å². The van der Waals surface area contributed by atoms with E-state index < -0.39 is 9.84 Å². The highest BCUT2D eigenvalue weighted by molar-refractivity contribution is 7.98. The number of ether oxygens (including phenoxy) is 1. The minimum Gasteiger partial charge on any atom is -0.494 e. The Kier molecular flexibility index (Phi) is 10.5. The quantitative estimate of drug-likeness (QED) is 0.198. The molecule has 9 heteroatoms. The van der Waals surface area contributed by atoms with Gasteiger partial charge in [-0.05, 0) is 94.0 Å². The summed E-state index contributed by atoms with van der Waals surface area (Å²) in [5, 5.41) is 0.902. The first-order chi connectivity index (χ1) is 20.0. The Morgan fingerprint density at radius 3 is 2.34 bits per heavy atom. The van der Waals surface area contributed by atoms with Gasteiger partial charge in [0.15, 0.2) is 0 Å². The molecular weight excluding hydrogens is 553 g/mol. The molecule has 0 atom stereocenters. The number of likely N-dealkylation sites (tertiary alicyclic amines) is 1. The van der Waals surface area contributed by atoms with Crippen LogP contribution in [0, 0.1) is 0 Å². The summed E-state index contributed by atoms with van der Waals surface area (Å²) in [5.74, 6) is 0.691. The third-order valence-corrected chi connectivity index (χ3v) is 10.8. The van der Waals surface area contributed by atoms with Gasteiger partial charge in [-0.15, -0.1) is 11.8 Å². The number of rotatable bonds is 11. The second-order valence-electron chi connectivity index (χ2n) is 11.1. The highest BCUT2D eigenvalue weighted by atomic mass is 32.2. The second-order valence-corrected chi connectivity index (χ2v) is 13.9. The van der Waals surface area contributed by atoms with E-state index in [1.54, 1.807) is 42.2 Å². The first kappa shape index (κ1) is 30.1. The summed E-state index contributed by atoms with van der Waals surface area (Å²) >= 11 is 1.66. The summed E-state index contributed by atoms with van der Waals surface area (Å²) in [6.07, 6.45) is 10.6. The molecule has 0 amide bonds. The van der Waals surface area contributed by atoms with E-state index in [0.717, 1.165) is 80.0 Å². The maximum atomic E-state index is 14.2. The number of unbranched alkanes of at least 4 members (excludes halogenated alkanes) is 1. The van der Waals surface area contributed by atoms with Gasteiger partial charge in [-0.2, -0.15) is 0 Å². The topological polar surface area (TPSA) is 66.0 Å². The molecule has 2 saturated heterocycles. The van der Waals surface area contributed by atoms with Gasteiger partial charge in [0, 0.05) is 49.2 Å². The van der Waals surface area contributed by atoms with Crippen LogP contribution < -0.4 is 9.64 Å². The summed E-state index contributed by atoms with van der Waals surface area (Å²) < 4.78 is 34.1. The van der Waals surface area contributed by atoms with Crippen LogP contribution in [-0.2, 0) is 9.84 Å². The van der Waals surface area contributed by atoms with E-state index >= 15 is 0 Å². The van der Waals surface area contributed by atoms with Crippen molar-refractivity contribution >= 4 is 38.2 Å². The Labute approximate surface area is 250 Å². The van der Waals surface area contributed by atoms with Gasteiger partial charge in [-0.1, -0.05) is 19.8 Å². The van der Waals surface area contributed by atoms with Crippen LogP contribution in [0.25, 0.3) is 10.9 Å². The largest absolute Gasteiger partial charge is 0.494 e. The summed E-state index contributed by atoms with van der Waals surface area (Å²) in [5.41, 5.74) is 1.61. The molecule has 3 heterocycles. The van der Waals surface area contributed by atoms with Crippen LogP contribution in [-0.4, -0.2) is 88.4 Å². The number of benzene rings is 2. The van der Waals surface area contributed by atoms with Gasteiger partial charge in [0.05, 0.1) is 22.7 Å². The fourth-order valence-corrected chi connectivity index (χ4v) is 7.72. The van der Waals surface area contributed by atoms with Gasteiger partial charge < -0.3 is 19.4 Å². The molecule has 41 heavy (non-hydrogen) atoms. The maximum absolute atomic E-state index is 14.2. The third kappa shape index (κ3) is 7.37. The zero-order chi connectivity index (χ0) is 28.7. The molecule has 0 spiro atoms. The lowest BCUT2D eigenvalue weighted by Crippen LogP contribution is -2.39. The Bertz CT molecular complexity index is 1390.